The Kier molecular flexibility index (Phi) is 5.27. The van der Waals surface area contributed by atoms with Crippen molar-refractivity contribution in [1.29, 1.82) is 0 Å². The predicted molar refractivity (Wildman–Crippen MR) is 80.3 cm³/mol. The molecule has 0 unspecified atom stereocenters. The number of methoxy groups -OCH3 is 1. The van der Waals surface area contributed by atoms with Gasteiger partial charge in [-0.05, 0) is 33.6 Å². The van der Waals surface area contributed by atoms with Crippen molar-refractivity contribution in [3.05, 3.63) is 34.6 Å². The van der Waals surface area contributed by atoms with Crippen molar-refractivity contribution in [2.75, 3.05) is 19.0 Å². The van der Waals surface area contributed by atoms with E-state index in [0.29, 0.717) is 12.4 Å². The molecule has 6 nitrogen and oxygen atoms in total. The Morgan fingerprint density at radius 2 is 2.05 bits per heavy atom. The standard InChI is InChI=1S/C15H22N4O2/c1-10-8-14(18-15(17-10)9-20-4)16-7-5-6-13-11(2)19-21-12(13)3/h8H,5-7,9H2,1-4H3,(H,16,17,18). The third kappa shape index (κ3) is 4.26. The summed E-state index contributed by atoms with van der Waals surface area (Å²) < 4.78 is 10.2. The minimum Gasteiger partial charge on any atom is -0.377 e. The molecule has 0 radical (unpaired) electrons. The number of nitrogens with one attached hydrogen (secondary N) is 1. The van der Waals surface area contributed by atoms with Gasteiger partial charge in [0.15, 0.2) is 5.82 Å². The van der Waals surface area contributed by atoms with Crippen LogP contribution in [0, 0.1) is 20.8 Å². The average molecular weight is 290 g/mol. The van der Waals surface area contributed by atoms with Crippen molar-refractivity contribution in [1.82, 2.24) is 15.1 Å². The number of rotatable bonds is 7. The summed E-state index contributed by atoms with van der Waals surface area (Å²) in [5.74, 6) is 2.45. The smallest absolute Gasteiger partial charge is 0.156 e. The quantitative estimate of drug-likeness (QED) is 0.790. The molecule has 6 heteroatoms. The van der Waals surface area contributed by atoms with Crippen LogP contribution in [-0.4, -0.2) is 28.8 Å². The van der Waals surface area contributed by atoms with Crippen LogP contribution in [0.5, 0.6) is 0 Å². The van der Waals surface area contributed by atoms with Crippen molar-refractivity contribution in [2.45, 2.75) is 40.2 Å². The maximum absolute atomic E-state index is 5.16. The first kappa shape index (κ1) is 15.4. The lowest BCUT2D eigenvalue weighted by molar-refractivity contribution is 0.177. The SMILES string of the molecule is COCc1nc(C)cc(NCCCc2c(C)noc2C)n1. The Labute approximate surface area is 124 Å². The van der Waals surface area contributed by atoms with Gasteiger partial charge < -0.3 is 14.6 Å². The molecule has 2 aromatic rings. The highest BCUT2D eigenvalue weighted by atomic mass is 16.5. The van der Waals surface area contributed by atoms with Gasteiger partial charge in [0.25, 0.3) is 0 Å². The first-order chi connectivity index (χ1) is 10.1. The second-order valence-electron chi connectivity index (χ2n) is 5.08. The monoisotopic (exact) mass is 290 g/mol. The van der Waals surface area contributed by atoms with Crippen LogP contribution in [0.3, 0.4) is 0 Å². The van der Waals surface area contributed by atoms with Crippen molar-refractivity contribution < 1.29 is 9.26 Å². The van der Waals surface area contributed by atoms with Gasteiger partial charge in [0.05, 0.1) is 5.69 Å². The highest BCUT2D eigenvalue weighted by molar-refractivity contribution is 5.35. The number of hydrogen-bond donors (Lipinski definition) is 1. The molecule has 0 spiro atoms. The van der Waals surface area contributed by atoms with E-state index in [1.807, 2.05) is 26.8 Å². The van der Waals surface area contributed by atoms with Crippen molar-refractivity contribution in [3.8, 4) is 0 Å². The van der Waals surface area contributed by atoms with Gasteiger partial charge in [-0.1, -0.05) is 5.16 Å². The Morgan fingerprint density at radius 3 is 2.71 bits per heavy atom. The minimum absolute atomic E-state index is 0.426. The lowest BCUT2D eigenvalue weighted by Crippen LogP contribution is -2.08. The molecule has 114 valence electrons. The van der Waals surface area contributed by atoms with E-state index in [9.17, 15) is 0 Å². The molecule has 0 saturated heterocycles. The molecule has 0 aromatic carbocycles. The Balaban J connectivity index is 1.86. The van der Waals surface area contributed by atoms with Crippen molar-refractivity contribution in [3.63, 3.8) is 0 Å². The summed E-state index contributed by atoms with van der Waals surface area (Å²) in [6.07, 6.45) is 1.94. The first-order valence-corrected chi connectivity index (χ1v) is 7.09. The zero-order valence-corrected chi connectivity index (χ0v) is 13.1. The zero-order chi connectivity index (χ0) is 15.2. The van der Waals surface area contributed by atoms with Gasteiger partial charge in [0.2, 0.25) is 0 Å². The van der Waals surface area contributed by atoms with Crippen LogP contribution in [0.1, 0.15) is 35.0 Å². The van der Waals surface area contributed by atoms with Crippen LogP contribution in [0.2, 0.25) is 0 Å². The van der Waals surface area contributed by atoms with E-state index in [2.05, 4.69) is 20.4 Å². The fourth-order valence-electron chi connectivity index (χ4n) is 2.25. The fraction of sp³-hybridized carbons (Fsp3) is 0.533. The molecule has 2 heterocycles. The predicted octanol–water partition coefficient (Wildman–Crippen LogP) is 2.58. The Bertz CT molecular complexity index is 576. The third-order valence-electron chi connectivity index (χ3n) is 3.26. The Hall–Kier alpha value is -1.95. The van der Waals surface area contributed by atoms with Gasteiger partial charge >= 0.3 is 0 Å². The first-order valence-electron chi connectivity index (χ1n) is 7.09. The van der Waals surface area contributed by atoms with Crippen LogP contribution in [0.15, 0.2) is 10.6 Å². The summed E-state index contributed by atoms with van der Waals surface area (Å²) in [7, 11) is 1.64. The topological polar surface area (TPSA) is 73.1 Å². The molecule has 0 aliphatic rings. The van der Waals surface area contributed by atoms with Gasteiger partial charge in [-0.15, -0.1) is 0 Å². The average Bonchev–Trinajstić information content (AvgIpc) is 2.74. The van der Waals surface area contributed by atoms with Gasteiger partial charge in [-0.25, -0.2) is 9.97 Å². The van der Waals surface area contributed by atoms with Gasteiger partial charge in [-0.2, -0.15) is 0 Å². The highest BCUT2D eigenvalue weighted by Gasteiger charge is 2.08. The molecule has 0 aliphatic heterocycles. The number of aromatic nitrogens is 3. The Morgan fingerprint density at radius 1 is 1.24 bits per heavy atom. The fourth-order valence-corrected chi connectivity index (χ4v) is 2.25. The molecule has 0 fully saturated rings. The molecule has 2 rings (SSSR count). The number of aryl methyl sites for hydroxylation is 3. The molecule has 0 atom stereocenters. The molecule has 2 aromatic heterocycles. The molecular weight excluding hydrogens is 268 g/mol. The number of anilines is 1. The van der Waals surface area contributed by atoms with E-state index in [1.54, 1.807) is 7.11 Å². The summed E-state index contributed by atoms with van der Waals surface area (Å²) in [6.45, 7) is 7.15. The molecule has 1 N–H and O–H groups in total. The van der Waals surface area contributed by atoms with E-state index in [4.69, 9.17) is 9.26 Å². The molecule has 0 bridgehead atoms. The third-order valence-corrected chi connectivity index (χ3v) is 3.26. The number of hydrogen-bond acceptors (Lipinski definition) is 6. The van der Waals surface area contributed by atoms with Crippen molar-refractivity contribution in [2.24, 2.45) is 0 Å². The minimum atomic E-state index is 0.426. The summed E-state index contributed by atoms with van der Waals surface area (Å²) in [5.41, 5.74) is 3.12. The summed E-state index contributed by atoms with van der Waals surface area (Å²) >= 11 is 0. The van der Waals surface area contributed by atoms with E-state index in [1.165, 1.54) is 5.56 Å². The molecule has 21 heavy (non-hydrogen) atoms. The van der Waals surface area contributed by atoms with E-state index in [-0.39, 0.29) is 0 Å². The second-order valence-corrected chi connectivity index (χ2v) is 5.08. The molecule has 0 aliphatic carbocycles. The highest BCUT2D eigenvalue weighted by Crippen LogP contribution is 2.14. The number of nitrogens with zero attached hydrogens (tertiary/aromatic N) is 3. The normalized spacial score (nSPS) is 10.9. The van der Waals surface area contributed by atoms with Crippen molar-refractivity contribution >= 4 is 5.82 Å². The van der Waals surface area contributed by atoms with E-state index < -0.39 is 0 Å². The largest absolute Gasteiger partial charge is 0.377 e. The van der Waals surface area contributed by atoms with Crippen LogP contribution in [-0.2, 0) is 17.8 Å². The van der Waals surface area contributed by atoms with Gasteiger partial charge in [-0.3, -0.25) is 0 Å². The van der Waals surface area contributed by atoms with Crippen LogP contribution >= 0.6 is 0 Å². The molecular formula is C15H22N4O2. The maximum Gasteiger partial charge on any atom is 0.156 e. The zero-order valence-electron chi connectivity index (χ0n) is 13.1. The van der Waals surface area contributed by atoms with Gasteiger partial charge in [0.1, 0.15) is 18.2 Å². The maximum atomic E-state index is 5.16. The van der Waals surface area contributed by atoms with E-state index >= 15 is 0 Å². The summed E-state index contributed by atoms with van der Waals surface area (Å²) in [5, 5.41) is 7.29. The second kappa shape index (κ2) is 7.17. The summed E-state index contributed by atoms with van der Waals surface area (Å²) in [4.78, 5) is 8.73. The number of ether oxygens (including phenoxy) is 1. The van der Waals surface area contributed by atoms with Crippen LogP contribution in [0.25, 0.3) is 0 Å². The summed E-state index contributed by atoms with van der Waals surface area (Å²) in [6, 6.07) is 1.94. The lowest BCUT2D eigenvalue weighted by Gasteiger charge is -2.08. The molecule has 0 amide bonds. The van der Waals surface area contributed by atoms with Gasteiger partial charge in [0, 0.05) is 31.0 Å². The van der Waals surface area contributed by atoms with E-state index in [0.717, 1.165) is 42.4 Å². The van der Waals surface area contributed by atoms with Crippen LogP contribution < -0.4 is 5.32 Å². The van der Waals surface area contributed by atoms with Crippen LogP contribution in [0.4, 0.5) is 5.82 Å². The molecule has 0 saturated carbocycles. The lowest BCUT2D eigenvalue weighted by atomic mass is 10.1.